The second kappa shape index (κ2) is 5.32. The Labute approximate surface area is 108 Å². The van der Waals surface area contributed by atoms with Gasteiger partial charge < -0.3 is 9.64 Å². The Balaban J connectivity index is 2.20. The summed E-state index contributed by atoms with van der Waals surface area (Å²) in [4.78, 5) is 5.19. The number of hydrogen-bond donors (Lipinski definition) is 0. The molecule has 0 radical (unpaired) electrons. The first-order valence-corrected chi connectivity index (χ1v) is 5.93. The van der Waals surface area contributed by atoms with E-state index in [2.05, 4.69) is 4.98 Å². The highest BCUT2D eigenvalue weighted by molar-refractivity contribution is 5.42. The summed E-state index contributed by atoms with van der Waals surface area (Å²) in [6, 6.07) is 0.519. The van der Waals surface area contributed by atoms with Crippen LogP contribution in [0.15, 0.2) is 12.3 Å². The Morgan fingerprint density at radius 3 is 2.47 bits per heavy atom. The maximum Gasteiger partial charge on any atom is 0.417 e. The van der Waals surface area contributed by atoms with Crippen LogP contribution in [0.4, 0.5) is 23.4 Å². The summed E-state index contributed by atoms with van der Waals surface area (Å²) in [5, 5.41) is 0. The molecular weight excluding hydrogens is 264 g/mol. The van der Waals surface area contributed by atoms with Crippen LogP contribution in [-0.4, -0.2) is 31.3 Å². The predicted octanol–water partition coefficient (Wildman–Crippen LogP) is 2.85. The monoisotopic (exact) mass is 278 g/mol. The second-order valence-corrected chi connectivity index (χ2v) is 4.48. The number of rotatable bonds is 2. The Kier molecular flexibility index (Phi) is 3.93. The lowest BCUT2D eigenvalue weighted by Gasteiger charge is -2.32. The van der Waals surface area contributed by atoms with Gasteiger partial charge in [-0.2, -0.15) is 13.2 Å². The second-order valence-electron chi connectivity index (χ2n) is 4.48. The third kappa shape index (κ3) is 3.15. The molecule has 1 fully saturated rings. The average Bonchev–Trinajstić information content (AvgIpc) is 2.38. The Bertz CT molecular complexity index is 444. The molecule has 106 valence electrons. The van der Waals surface area contributed by atoms with Crippen molar-refractivity contribution < 1.29 is 22.3 Å². The van der Waals surface area contributed by atoms with Gasteiger partial charge in [0.15, 0.2) is 11.6 Å². The molecule has 1 saturated heterocycles. The number of pyridine rings is 1. The van der Waals surface area contributed by atoms with Crippen LogP contribution in [0.25, 0.3) is 0 Å². The summed E-state index contributed by atoms with van der Waals surface area (Å²) in [5.74, 6) is -1.01. The molecule has 2 rings (SSSR count). The molecule has 7 heteroatoms. The summed E-state index contributed by atoms with van der Waals surface area (Å²) in [6.45, 7) is 1.13. The van der Waals surface area contributed by atoms with Gasteiger partial charge in [0.25, 0.3) is 0 Å². The van der Waals surface area contributed by atoms with Gasteiger partial charge in [-0.3, -0.25) is 0 Å². The van der Waals surface area contributed by atoms with E-state index in [-0.39, 0.29) is 11.9 Å². The zero-order chi connectivity index (χ0) is 14.0. The van der Waals surface area contributed by atoms with Gasteiger partial charge in [-0.25, -0.2) is 9.37 Å². The molecule has 19 heavy (non-hydrogen) atoms. The molecule has 0 spiro atoms. The highest BCUT2D eigenvalue weighted by atomic mass is 19.4. The zero-order valence-corrected chi connectivity index (χ0v) is 10.4. The maximum absolute atomic E-state index is 13.8. The van der Waals surface area contributed by atoms with Gasteiger partial charge in [-0.1, -0.05) is 0 Å². The van der Waals surface area contributed by atoms with Crippen LogP contribution in [0.5, 0.6) is 0 Å². The quantitative estimate of drug-likeness (QED) is 0.778. The fraction of sp³-hybridized carbons (Fsp3) is 0.583. The molecule has 1 aromatic heterocycles. The average molecular weight is 278 g/mol. The van der Waals surface area contributed by atoms with Crippen LogP contribution in [0.1, 0.15) is 18.4 Å². The third-order valence-electron chi connectivity index (χ3n) is 3.22. The molecule has 1 aliphatic rings. The van der Waals surface area contributed by atoms with E-state index in [1.807, 2.05) is 0 Å². The lowest BCUT2D eigenvalue weighted by Crippen LogP contribution is -2.37. The van der Waals surface area contributed by atoms with Crippen molar-refractivity contribution >= 4 is 5.82 Å². The van der Waals surface area contributed by atoms with Gasteiger partial charge in [-0.15, -0.1) is 0 Å². The molecule has 1 aliphatic heterocycles. The summed E-state index contributed by atoms with van der Waals surface area (Å²) in [7, 11) is 1.63. The van der Waals surface area contributed by atoms with Crippen LogP contribution in [0, 0.1) is 5.82 Å². The lowest BCUT2D eigenvalue weighted by molar-refractivity contribution is -0.138. The molecule has 1 aromatic rings. The first kappa shape index (κ1) is 14.0. The van der Waals surface area contributed by atoms with Gasteiger partial charge in [-0.05, 0) is 18.9 Å². The van der Waals surface area contributed by atoms with E-state index in [1.54, 1.807) is 11.9 Å². The molecule has 0 N–H and O–H groups in total. The van der Waals surface area contributed by atoms with Crippen LogP contribution in [0.2, 0.25) is 0 Å². The van der Waals surface area contributed by atoms with E-state index in [0.717, 1.165) is 0 Å². The SMILES string of the molecule is CN(c1ncc(C(F)(F)F)cc1F)C1CCOCC1. The lowest BCUT2D eigenvalue weighted by atomic mass is 10.1. The molecule has 0 atom stereocenters. The fourth-order valence-electron chi connectivity index (χ4n) is 2.09. The summed E-state index contributed by atoms with van der Waals surface area (Å²) < 4.78 is 56.2. The Morgan fingerprint density at radius 2 is 1.95 bits per heavy atom. The smallest absolute Gasteiger partial charge is 0.381 e. The van der Waals surface area contributed by atoms with E-state index in [4.69, 9.17) is 4.74 Å². The number of hydrogen-bond acceptors (Lipinski definition) is 3. The van der Waals surface area contributed by atoms with Crippen LogP contribution < -0.4 is 4.90 Å². The van der Waals surface area contributed by atoms with E-state index >= 15 is 0 Å². The van der Waals surface area contributed by atoms with Crippen molar-refractivity contribution in [2.75, 3.05) is 25.2 Å². The normalized spacial score (nSPS) is 17.5. The van der Waals surface area contributed by atoms with Gasteiger partial charge >= 0.3 is 6.18 Å². The van der Waals surface area contributed by atoms with Crippen LogP contribution >= 0.6 is 0 Å². The number of alkyl halides is 3. The summed E-state index contributed by atoms with van der Waals surface area (Å²) in [5.41, 5.74) is -1.07. The predicted molar refractivity (Wildman–Crippen MR) is 61.4 cm³/mol. The third-order valence-corrected chi connectivity index (χ3v) is 3.22. The first-order valence-electron chi connectivity index (χ1n) is 5.93. The van der Waals surface area contributed by atoms with Crippen molar-refractivity contribution in [1.82, 2.24) is 4.98 Å². The van der Waals surface area contributed by atoms with Gasteiger partial charge in [0.05, 0.1) is 5.56 Å². The molecule has 0 bridgehead atoms. The summed E-state index contributed by atoms with van der Waals surface area (Å²) in [6.07, 6.45) is -2.50. The first-order chi connectivity index (χ1) is 8.89. The van der Waals surface area contributed by atoms with Crippen molar-refractivity contribution in [3.8, 4) is 0 Å². The van der Waals surface area contributed by atoms with Crippen LogP contribution in [0.3, 0.4) is 0 Å². The molecule has 0 aliphatic carbocycles. The van der Waals surface area contributed by atoms with E-state index in [1.165, 1.54) is 0 Å². The number of nitrogens with zero attached hydrogens (tertiary/aromatic N) is 2. The van der Waals surface area contributed by atoms with Crippen molar-refractivity contribution in [2.24, 2.45) is 0 Å². The standard InChI is InChI=1S/C12H14F4N2O/c1-18(9-2-4-19-5-3-9)11-10(13)6-8(7-17-11)12(14,15)16/h6-7,9H,2-5H2,1H3. The highest BCUT2D eigenvalue weighted by Crippen LogP contribution is 2.31. The number of aromatic nitrogens is 1. The zero-order valence-electron chi connectivity index (χ0n) is 10.4. The Morgan fingerprint density at radius 1 is 1.32 bits per heavy atom. The topological polar surface area (TPSA) is 25.4 Å². The minimum Gasteiger partial charge on any atom is -0.381 e. The van der Waals surface area contributed by atoms with Gasteiger partial charge in [0.1, 0.15) is 0 Å². The minimum absolute atomic E-state index is 0.0347. The van der Waals surface area contributed by atoms with E-state index < -0.39 is 17.6 Å². The van der Waals surface area contributed by atoms with E-state index in [9.17, 15) is 17.6 Å². The minimum atomic E-state index is -4.58. The summed E-state index contributed by atoms with van der Waals surface area (Å²) >= 11 is 0. The van der Waals surface area contributed by atoms with Crippen molar-refractivity contribution in [2.45, 2.75) is 25.1 Å². The number of anilines is 1. The fourth-order valence-corrected chi connectivity index (χ4v) is 2.09. The number of halogens is 4. The van der Waals surface area contributed by atoms with E-state index in [0.29, 0.717) is 38.3 Å². The van der Waals surface area contributed by atoms with Gasteiger partial charge in [0, 0.05) is 32.5 Å². The molecule has 0 unspecified atom stereocenters. The molecule has 0 saturated carbocycles. The number of ether oxygens (including phenoxy) is 1. The molecule has 0 aromatic carbocycles. The van der Waals surface area contributed by atoms with Crippen LogP contribution in [-0.2, 0) is 10.9 Å². The molecule has 3 nitrogen and oxygen atoms in total. The molecule has 0 amide bonds. The molecule has 2 heterocycles. The van der Waals surface area contributed by atoms with Gasteiger partial charge in [0.2, 0.25) is 0 Å². The Hall–Kier alpha value is -1.37. The maximum atomic E-state index is 13.8. The highest BCUT2D eigenvalue weighted by Gasteiger charge is 2.32. The largest absolute Gasteiger partial charge is 0.417 e. The molecular formula is C12H14F4N2O. The van der Waals surface area contributed by atoms with Crippen molar-refractivity contribution in [3.05, 3.63) is 23.6 Å². The van der Waals surface area contributed by atoms with Crippen molar-refractivity contribution in [1.29, 1.82) is 0 Å². The van der Waals surface area contributed by atoms with Crippen molar-refractivity contribution in [3.63, 3.8) is 0 Å².